The molecule has 0 radical (unpaired) electrons. The Kier molecular flexibility index (Phi) is 47.5. The fourth-order valence-electron chi connectivity index (χ4n) is 2.13. The first-order valence-corrected chi connectivity index (χ1v) is 18.8. The predicted molar refractivity (Wildman–Crippen MR) is 198 cm³/mol. The predicted octanol–water partition coefficient (Wildman–Crippen LogP) is 7.11. The van der Waals surface area contributed by atoms with Crippen molar-refractivity contribution in [3.63, 3.8) is 0 Å². The van der Waals surface area contributed by atoms with Gasteiger partial charge in [-0.2, -0.15) is 0 Å². The first-order valence-electron chi connectivity index (χ1n) is 13.4. The van der Waals surface area contributed by atoms with Crippen LogP contribution in [0.25, 0.3) is 0 Å². The molecule has 0 aliphatic carbocycles. The molecular weight excluding hydrogens is 597 g/mol. The van der Waals surface area contributed by atoms with Gasteiger partial charge in [0, 0.05) is 20.8 Å². The molecular formula is C33H80O9Si2. The van der Waals surface area contributed by atoms with Crippen LogP contribution in [0.5, 0.6) is 0 Å². The van der Waals surface area contributed by atoms with Gasteiger partial charge in [-0.3, -0.25) is 0 Å². The van der Waals surface area contributed by atoms with Crippen molar-refractivity contribution in [1.29, 1.82) is 0 Å². The van der Waals surface area contributed by atoms with Gasteiger partial charge in [-0.1, -0.05) is 109 Å². The maximum Gasteiger partial charge on any atom is 0.222 e. The molecule has 1 saturated heterocycles. The summed E-state index contributed by atoms with van der Waals surface area (Å²) in [5.41, 5.74) is 0. The number of aliphatic hydroxyl groups is 3. The third-order valence-electron chi connectivity index (χ3n) is 6.44. The minimum Gasteiger partial charge on any atom is -0.432 e. The second kappa shape index (κ2) is 33.7. The van der Waals surface area contributed by atoms with Crippen molar-refractivity contribution < 1.29 is 43.9 Å². The minimum atomic E-state index is -2.28. The molecule has 0 saturated carbocycles. The molecule has 0 spiro atoms. The van der Waals surface area contributed by atoms with Crippen molar-refractivity contribution in [2.45, 2.75) is 134 Å². The molecule has 1 aliphatic rings. The fraction of sp³-hybridized carbons (Fsp3) is 0.818. The lowest BCUT2D eigenvalue weighted by atomic mass is 10.2. The number of methoxy groups -OCH3 is 2. The van der Waals surface area contributed by atoms with Crippen molar-refractivity contribution in [2.75, 3.05) is 47.6 Å². The summed E-state index contributed by atoms with van der Waals surface area (Å²) in [4.78, 5) is 20.0. The molecule has 9 nitrogen and oxygen atoms in total. The molecule has 1 aromatic carbocycles. The molecule has 1 aromatic rings. The van der Waals surface area contributed by atoms with Gasteiger partial charge < -0.3 is 43.9 Å². The second-order valence-electron chi connectivity index (χ2n) is 11.8. The highest BCUT2D eigenvalue weighted by Gasteiger charge is 2.40. The summed E-state index contributed by atoms with van der Waals surface area (Å²) in [6, 6.07) is 10.0. The average Bonchev–Trinajstić information content (AvgIpc) is 2.85. The van der Waals surface area contributed by atoms with Crippen molar-refractivity contribution in [3.8, 4) is 0 Å². The van der Waals surface area contributed by atoms with E-state index in [0.29, 0.717) is 13.2 Å². The van der Waals surface area contributed by atoms with Crippen LogP contribution in [0.3, 0.4) is 0 Å². The van der Waals surface area contributed by atoms with Crippen molar-refractivity contribution in [2.24, 2.45) is 0 Å². The third kappa shape index (κ3) is 34.2. The van der Waals surface area contributed by atoms with E-state index >= 15 is 0 Å². The van der Waals surface area contributed by atoms with E-state index in [1.807, 2.05) is 50.0 Å². The van der Waals surface area contributed by atoms with Crippen LogP contribution in [-0.4, -0.2) is 95.5 Å². The van der Waals surface area contributed by atoms with Gasteiger partial charge in [0.25, 0.3) is 0 Å². The second-order valence-corrected chi connectivity index (χ2v) is 20.6. The molecule has 44 heavy (non-hydrogen) atoms. The van der Waals surface area contributed by atoms with Crippen LogP contribution in [0.4, 0.5) is 0 Å². The Bertz CT molecular complexity index is 634. The number of hydrogen-bond acceptors (Lipinski definition) is 9. The van der Waals surface area contributed by atoms with E-state index in [2.05, 4.69) is 55.8 Å². The summed E-state index contributed by atoms with van der Waals surface area (Å²) >= 11 is 0. The van der Waals surface area contributed by atoms with Gasteiger partial charge >= 0.3 is 0 Å². The van der Waals surface area contributed by atoms with Gasteiger partial charge in [-0.25, -0.2) is 0 Å². The van der Waals surface area contributed by atoms with Crippen molar-refractivity contribution in [3.05, 3.63) is 30.3 Å². The van der Waals surface area contributed by atoms with Crippen LogP contribution in [0.15, 0.2) is 30.3 Å². The summed E-state index contributed by atoms with van der Waals surface area (Å²) in [6.07, 6.45) is 2.58. The average molecular weight is 677 g/mol. The van der Waals surface area contributed by atoms with Crippen molar-refractivity contribution >= 4 is 21.8 Å². The Balaban J connectivity index is -0.0000000624. The first kappa shape index (κ1) is 62.2. The van der Waals surface area contributed by atoms with Gasteiger partial charge in [-0.15, -0.1) is 0 Å². The monoisotopic (exact) mass is 677 g/mol. The summed E-state index contributed by atoms with van der Waals surface area (Å²) in [7, 11) is -1.13. The quantitative estimate of drug-likeness (QED) is 0.121. The summed E-state index contributed by atoms with van der Waals surface area (Å²) < 4.78 is 18.0. The number of ether oxygens (including phenoxy) is 4. The smallest absolute Gasteiger partial charge is 0.222 e. The zero-order valence-electron chi connectivity index (χ0n) is 26.5. The summed E-state index contributed by atoms with van der Waals surface area (Å²) in [5, 5.41) is 25.6. The lowest BCUT2D eigenvalue weighted by Crippen LogP contribution is -2.52. The number of rotatable bonds is 6. The van der Waals surface area contributed by atoms with E-state index in [1.165, 1.54) is 7.11 Å². The summed E-state index contributed by atoms with van der Waals surface area (Å²) in [5.74, 6) is 0. The highest BCUT2D eigenvalue weighted by molar-refractivity contribution is 6.86. The molecule has 2 rings (SSSR count). The number of hydrogen-bond donors (Lipinski definition) is 5. The Hall–Kier alpha value is -0.706. The van der Waals surface area contributed by atoms with Gasteiger partial charge in [-0.05, 0) is 54.2 Å². The Morgan fingerprint density at radius 1 is 0.750 bits per heavy atom. The van der Waals surface area contributed by atoms with Gasteiger partial charge in [0.15, 0.2) is 14.6 Å². The minimum absolute atomic E-state index is 0. The highest BCUT2D eigenvalue weighted by Crippen LogP contribution is 2.33. The topological polar surface area (TPSA) is 138 Å². The molecule has 5 N–H and O–H groups in total. The molecule has 0 aromatic heterocycles. The fourth-order valence-corrected chi connectivity index (χ4v) is 3.83. The Morgan fingerprint density at radius 2 is 1.18 bits per heavy atom. The lowest BCUT2D eigenvalue weighted by Gasteiger charge is -2.34. The standard InChI is InChI=1S/C11H18OSi.C6H16OSi.C5H10O2.C4H10O3.C2H6O2.5CH4/c1-11(2,3)13(4,12)10-8-6-5-7-9-10;1-6(2,3)8(4,5)7;6-5-3-1-2-4-7-5;1-6-2-3-7-4-5;1-4-2-3;;;;;/h5-9,12H,1-4H3;7H,1-5H3;5-6H,1-4H2;5H,2-4H2,1H3;3H,2H2,1H3;5*1H4. The molecule has 1 aliphatic heterocycles. The third-order valence-corrected chi connectivity index (χ3v) is 14.5. The molecule has 2 unspecified atom stereocenters. The van der Waals surface area contributed by atoms with Crippen molar-refractivity contribution in [1.82, 2.24) is 0 Å². The molecule has 1 fully saturated rings. The van der Waals surface area contributed by atoms with Crippen LogP contribution >= 0.6 is 0 Å². The normalized spacial score (nSPS) is 15.0. The van der Waals surface area contributed by atoms with Crippen LogP contribution < -0.4 is 5.19 Å². The highest BCUT2D eigenvalue weighted by atomic mass is 28.4. The van der Waals surface area contributed by atoms with Crippen LogP contribution in [-0.2, 0) is 18.9 Å². The first-order chi connectivity index (χ1) is 17.8. The molecule has 0 amide bonds. The maximum absolute atomic E-state index is 10.5. The maximum atomic E-state index is 10.5. The Labute approximate surface area is 277 Å². The van der Waals surface area contributed by atoms with E-state index in [-0.39, 0.29) is 60.8 Å². The lowest BCUT2D eigenvalue weighted by molar-refractivity contribution is -0.123. The molecule has 0 bridgehead atoms. The number of benzene rings is 1. The van der Waals surface area contributed by atoms with E-state index in [9.17, 15) is 9.59 Å². The molecule has 2 atom stereocenters. The largest absolute Gasteiger partial charge is 0.432 e. The van der Waals surface area contributed by atoms with E-state index in [0.717, 1.165) is 31.1 Å². The van der Waals surface area contributed by atoms with E-state index < -0.39 is 22.9 Å². The molecule has 1 heterocycles. The Morgan fingerprint density at radius 3 is 1.41 bits per heavy atom. The summed E-state index contributed by atoms with van der Waals surface area (Å²) in [6.45, 7) is 19.8. The SMILES string of the molecule is C.C.C.C.C.CC(C)(C)[Si](C)(C)O.CC(C)(C)[Si](C)(O)c1ccccc1.COCCOCO.COCO.OC1CCCCO1. The van der Waals surface area contributed by atoms with Gasteiger partial charge in [0.1, 0.15) is 13.6 Å². The van der Waals surface area contributed by atoms with E-state index in [4.69, 9.17) is 20.1 Å². The number of aliphatic hydroxyl groups excluding tert-OH is 3. The zero-order chi connectivity index (χ0) is 31.2. The van der Waals surface area contributed by atoms with Gasteiger partial charge in [0.05, 0.1) is 13.2 Å². The molecule has 11 heteroatoms. The van der Waals surface area contributed by atoms with E-state index in [1.54, 1.807) is 7.11 Å². The zero-order valence-corrected chi connectivity index (χ0v) is 28.5. The van der Waals surface area contributed by atoms with Gasteiger partial charge in [0.2, 0.25) is 8.32 Å². The van der Waals surface area contributed by atoms with Crippen LogP contribution in [0.2, 0.25) is 29.7 Å². The molecule has 274 valence electrons. The van der Waals surface area contributed by atoms with Crippen LogP contribution in [0.1, 0.15) is 97.9 Å². The van der Waals surface area contributed by atoms with Crippen LogP contribution in [0, 0.1) is 0 Å².